The molecule has 1 saturated carbocycles. The maximum atomic E-state index is 12.3. The van der Waals surface area contributed by atoms with Gasteiger partial charge in [0, 0.05) is 35.6 Å². The van der Waals surface area contributed by atoms with E-state index < -0.39 is 9.05 Å². The van der Waals surface area contributed by atoms with Gasteiger partial charge in [0.15, 0.2) is 0 Å². The number of hydrogen-bond donors (Lipinski definition) is 0. The zero-order valence-corrected chi connectivity index (χ0v) is 14.1. The summed E-state index contributed by atoms with van der Waals surface area (Å²) in [5.41, 5.74) is 0.878. The Balaban J connectivity index is 1.83. The number of hydrogen-bond acceptors (Lipinski definition) is 4. The average molecular weight is 346 g/mol. The zero-order chi connectivity index (χ0) is 15.9. The second kappa shape index (κ2) is 5.85. The first-order valence-electron chi connectivity index (χ1n) is 7.62. The maximum absolute atomic E-state index is 12.3. The molecule has 0 spiro atoms. The Kier molecular flexibility index (Phi) is 4.20. The Labute approximate surface area is 134 Å². The van der Waals surface area contributed by atoms with E-state index in [4.69, 9.17) is 10.7 Å². The summed E-state index contributed by atoms with van der Waals surface area (Å²) < 4.78 is 24.4. The molecule has 1 aliphatic carbocycles. The van der Waals surface area contributed by atoms with Crippen molar-refractivity contribution in [1.82, 2.24) is 9.78 Å². The summed E-state index contributed by atoms with van der Waals surface area (Å²) in [6.45, 7) is 2.30. The Bertz CT molecular complexity index is 680. The van der Waals surface area contributed by atoms with Crippen LogP contribution in [0.25, 0.3) is 0 Å². The van der Waals surface area contributed by atoms with Gasteiger partial charge in [-0.25, -0.2) is 13.1 Å². The summed E-state index contributed by atoms with van der Waals surface area (Å²) in [6, 6.07) is 2.25. The molecule has 0 aromatic carbocycles. The molecule has 1 saturated heterocycles. The van der Waals surface area contributed by atoms with Gasteiger partial charge in [0.05, 0.1) is 17.5 Å². The number of nitrogens with zero attached hydrogens (tertiary/aromatic N) is 3. The van der Waals surface area contributed by atoms with E-state index >= 15 is 0 Å². The van der Waals surface area contributed by atoms with Gasteiger partial charge in [-0.3, -0.25) is 9.69 Å². The minimum atomic E-state index is -3.59. The van der Waals surface area contributed by atoms with Crippen molar-refractivity contribution in [2.45, 2.75) is 45.1 Å². The van der Waals surface area contributed by atoms with Gasteiger partial charge in [-0.2, -0.15) is 5.10 Å². The molecule has 1 aromatic rings. The number of amides is 1. The highest BCUT2D eigenvalue weighted by atomic mass is 35.7. The third-order valence-electron chi connectivity index (χ3n) is 4.43. The number of carbonyl (C=O) groups is 1. The molecule has 3 rings (SSSR count). The van der Waals surface area contributed by atoms with Crippen molar-refractivity contribution < 1.29 is 13.2 Å². The predicted molar refractivity (Wildman–Crippen MR) is 84.6 cm³/mol. The lowest BCUT2D eigenvalue weighted by atomic mass is 10.1. The van der Waals surface area contributed by atoms with E-state index in [1.165, 1.54) is 12.8 Å². The topological polar surface area (TPSA) is 72.3 Å². The molecule has 1 amide bonds. The maximum Gasteiger partial charge on any atom is 0.232 e. The van der Waals surface area contributed by atoms with Gasteiger partial charge in [0.25, 0.3) is 0 Å². The van der Waals surface area contributed by atoms with E-state index in [1.807, 2.05) is 17.7 Å². The highest BCUT2D eigenvalue weighted by Crippen LogP contribution is 2.35. The zero-order valence-electron chi connectivity index (χ0n) is 12.5. The van der Waals surface area contributed by atoms with Crippen molar-refractivity contribution in [3.05, 3.63) is 11.8 Å². The molecular weight excluding hydrogens is 326 g/mol. The molecule has 22 heavy (non-hydrogen) atoms. The van der Waals surface area contributed by atoms with Crippen molar-refractivity contribution in [3.63, 3.8) is 0 Å². The minimum Gasteiger partial charge on any atom is -0.297 e. The predicted octanol–water partition coefficient (Wildman–Crippen LogP) is 2.23. The number of aromatic nitrogens is 2. The molecule has 0 radical (unpaired) electrons. The van der Waals surface area contributed by atoms with Crippen LogP contribution in [0.4, 0.5) is 5.82 Å². The van der Waals surface area contributed by atoms with Crippen LogP contribution >= 0.6 is 10.7 Å². The molecule has 1 aliphatic heterocycles. The fraction of sp³-hybridized carbons (Fsp3) is 0.714. The van der Waals surface area contributed by atoms with Crippen LogP contribution in [-0.2, 0) is 13.8 Å². The lowest BCUT2D eigenvalue weighted by molar-refractivity contribution is -0.117. The first kappa shape index (κ1) is 15.8. The van der Waals surface area contributed by atoms with Crippen molar-refractivity contribution in [2.24, 2.45) is 5.92 Å². The number of rotatable bonds is 4. The van der Waals surface area contributed by atoms with Crippen LogP contribution in [0, 0.1) is 12.8 Å². The van der Waals surface area contributed by atoms with E-state index in [2.05, 4.69) is 5.10 Å². The van der Waals surface area contributed by atoms with Crippen LogP contribution in [-0.4, -0.2) is 36.4 Å². The molecule has 1 atom stereocenters. The molecule has 2 aliphatic rings. The number of aryl methyl sites for hydroxylation is 1. The highest BCUT2D eigenvalue weighted by Gasteiger charge is 2.36. The van der Waals surface area contributed by atoms with E-state index in [-0.39, 0.29) is 24.0 Å². The summed E-state index contributed by atoms with van der Waals surface area (Å²) in [4.78, 5) is 14.0. The van der Waals surface area contributed by atoms with Gasteiger partial charge < -0.3 is 0 Å². The SMILES string of the molecule is Cc1cc(N2CC(CS(=O)(=O)Cl)CC2=O)n(C2CCCC2)n1. The van der Waals surface area contributed by atoms with Gasteiger partial charge in [0.1, 0.15) is 5.82 Å². The lowest BCUT2D eigenvalue weighted by Gasteiger charge is -2.21. The molecule has 1 aromatic heterocycles. The van der Waals surface area contributed by atoms with Gasteiger partial charge >= 0.3 is 0 Å². The third-order valence-corrected chi connectivity index (χ3v) is 5.67. The first-order chi connectivity index (χ1) is 10.3. The van der Waals surface area contributed by atoms with E-state index in [9.17, 15) is 13.2 Å². The Hall–Kier alpha value is -1.08. The quantitative estimate of drug-likeness (QED) is 0.784. The summed E-state index contributed by atoms with van der Waals surface area (Å²) >= 11 is 0. The van der Waals surface area contributed by atoms with Crippen LogP contribution in [0.5, 0.6) is 0 Å². The van der Waals surface area contributed by atoms with E-state index in [0.717, 1.165) is 24.4 Å². The number of halogens is 1. The molecular formula is C14H20ClN3O3S. The Morgan fingerprint density at radius 3 is 2.68 bits per heavy atom. The molecule has 2 fully saturated rings. The Morgan fingerprint density at radius 2 is 2.05 bits per heavy atom. The van der Waals surface area contributed by atoms with Crippen molar-refractivity contribution in [3.8, 4) is 0 Å². The lowest BCUT2D eigenvalue weighted by Crippen LogP contribution is -2.28. The molecule has 2 heterocycles. The molecule has 6 nitrogen and oxygen atoms in total. The van der Waals surface area contributed by atoms with E-state index in [1.54, 1.807) is 4.90 Å². The van der Waals surface area contributed by atoms with Gasteiger partial charge in [-0.15, -0.1) is 0 Å². The third kappa shape index (κ3) is 3.30. The van der Waals surface area contributed by atoms with Gasteiger partial charge in [-0.1, -0.05) is 12.8 Å². The highest BCUT2D eigenvalue weighted by molar-refractivity contribution is 8.13. The smallest absolute Gasteiger partial charge is 0.232 e. The van der Waals surface area contributed by atoms with Gasteiger partial charge in [-0.05, 0) is 19.8 Å². The summed E-state index contributed by atoms with van der Waals surface area (Å²) in [7, 11) is 1.73. The van der Waals surface area contributed by atoms with Gasteiger partial charge in [0.2, 0.25) is 15.0 Å². The summed E-state index contributed by atoms with van der Waals surface area (Å²) in [6.07, 6.45) is 4.75. The second-order valence-corrected chi connectivity index (χ2v) is 9.13. The first-order valence-corrected chi connectivity index (χ1v) is 10.1. The fourth-order valence-electron chi connectivity index (χ4n) is 3.52. The second-order valence-electron chi connectivity index (χ2n) is 6.31. The largest absolute Gasteiger partial charge is 0.297 e. The number of carbonyl (C=O) groups excluding carboxylic acids is 1. The molecule has 1 unspecified atom stereocenters. The molecule has 122 valence electrons. The summed E-state index contributed by atoms with van der Waals surface area (Å²) in [5, 5.41) is 4.55. The average Bonchev–Trinajstić information content (AvgIpc) is 3.07. The normalized spacial score (nSPS) is 23.6. The molecule has 0 bridgehead atoms. The van der Waals surface area contributed by atoms with Crippen molar-refractivity contribution in [1.29, 1.82) is 0 Å². The van der Waals surface area contributed by atoms with Crippen LogP contribution in [0.1, 0.15) is 43.8 Å². The minimum absolute atomic E-state index is 0.0514. The van der Waals surface area contributed by atoms with E-state index in [0.29, 0.717) is 12.6 Å². The Morgan fingerprint density at radius 1 is 1.36 bits per heavy atom. The van der Waals surface area contributed by atoms with Crippen LogP contribution in [0.15, 0.2) is 6.07 Å². The number of anilines is 1. The molecule has 8 heteroatoms. The summed E-state index contributed by atoms with van der Waals surface area (Å²) in [5.74, 6) is 0.337. The van der Waals surface area contributed by atoms with Crippen LogP contribution < -0.4 is 4.90 Å². The van der Waals surface area contributed by atoms with Crippen molar-refractivity contribution in [2.75, 3.05) is 17.2 Å². The van der Waals surface area contributed by atoms with Crippen LogP contribution in [0.3, 0.4) is 0 Å². The standard InChI is InChI=1S/C14H20ClN3O3S/c1-10-6-13(18(16-10)12-4-2-3-5-12)17-8-11(7-14(17)19)9-22(15,20)21/h6,11-12H,2-5,7-9H2,1H3. The van der Waals surface area contributed by atoms with Crippen LogP contribution in [0.2, 0.25) is 0 Å². The molecule has 0 N–H and O–H groups in total. The van der Waals surface area contributed by atoms with Crippen molar-refractivity contribution >= 4 is 31.5 Å². The fourth-order valence-corrected chi connectivity index (χ4v) is 4.84. The monoisotopic (exact) mass is 345 g/mol.